The zero-order valence-corrected chi connectivity index (χ0v) is 12.2. The van der Waals surface area contributed by atoms with Gasteiger partial charge in [0.25, 0.3) is 0 Å². The molecule has 0 aromatic heterocycles. The lowest BCUT2D eigenvalue weighted by Gasteiger charge is -2.40. The average Bonchev–Trinajstić information content (AvgIpc) is 2.70. The van der Waals surface area contributed by atoms with Crippen LogP contribution in [-0.4, -0.2) is 0 Å². The largest absolute Gasteiger partial charge is 0.0619 e. The second-order valence-corrected chi connectivity index (χ2v) is 6.18. The maximum absolute atomic E-state index is 3.55. The van der Waals surface area contributed by atoms with Crippen molar-refractivity contribution < 1.29 is 0 Å². The van der Waals surface area contributed by atoms with E-state index in [1.807, 2.05) is 0 Å². The van der Waals surface area contributed by atoms with Crippen molar-refractivity contribution in [1.29, 1.82) is 0 Å². The molecule has 0 atom stereocenters. The molecule has 0 bridgehead atoms. The third-order valence-electron chi connectivity index (χ3n) is 4.75. The van der Waals surface area contributed by atoms with Gasteiger partial charge in [0.15, 0.2) is 0 Å². The highest BCUT2D eigenvalue weighted by Gasteiger charge is 2.47. The van der Waals surface area contributed by atoms with Crippen LogP contribution in [0.15, 0.2) is 42.5 Å². The Morgan fingerprint density at radius 2 is 1.47 bits per heavy atom. The molecule has 1 radical (unpaired) electrons. The van der Waals surface area contributed by atoms with Gasteiger partial charge in [0.2, 0.25) is 0 Å². The first-order valence-electron chi connectivity index (χ1n) is 7.21. The summed E-state index contributed by atoms with van der Waals surface area (Å²) >= 11 is 0. The highest BCUT2D eigenvalue weighted by Crippen LogP contribution is 2.55. The standard InChI is InChI=1S/C19H21/c1-13(2)19(14(3)4)17-11-7-5-9-15(17)16-10-6-8-12-18(16)19/h5-11,13-14H,1-4H3. The van der Waals surface area contributed by atoms with Gasteiger partial charge in [-0.15, -0.1) is 0 Å². The van der Waals surface area contributed by atoms with Gasteiger partial charge in [-0.05, 0) is 40.2 Å². The van der Waals surface area contributed by atoms with Crippen LogP contribution in [0.4, 0.5) is 0 Å². The smallest absolute Gasteiger partial charge is 0.0267 e. The molecule has 0 saturated carbocycles. The monoisotopic (exact) mass is 249 g/mol. The first-order valence-corrected chi connectivity index (χ1v) is 7.21. The van der Waals surface area contributed by atoms with E-state index in [1.165, 1.54) is 22.3 Å². The third-order valence-corrected chi connectivity index (χ3v) is 4.75. The van der Waals surface area contributed by atoms with Crippen LogP contribution in [0.1, 0.15) is 38.8 Å². The summed E-state index contributed by atoms with van der Waals surface area (Å²) in [7, 11) is 0. The second-order valence-electron chi connectivity index (χ2n) is 6.18. The van der Waals surface area contributed by atoms with E-state index in [1.54, 1.807) is 0 Å². The Kier molecular flexibility index (Phi) is 2.78. The first-order chi connectivity index (χ1) is 9.10. The molecule has 97 valence electrons. The van der Waals surface area contributed by atoms with Crippen LogP contribution in [-0.2, 0) is 5.41 Å². The van der Waals surface area contributed by atoms with Gasteiger partial charge >= 0.3 is 0 Å². The zero-order valence-electron chi connectivity index (χ0n) is 12.2. The van der Waals surface area contributed by atoms with Crippen molar-refractivity contribution in [2.24, 2.45) is 11.8 Å². The van der Waals surface area contributed by atoms with Crippen molar-refractivity contribution in [3.05, 3.63) is 59.7 Å². The van der Waals surface area contributed by atoms with Gasteiger partial charge < -0.3 is 0 Å². The van der Waals surface area contributed by atoms with Gasteiger partial charge in [0, 0.05) is 5.41 Å². The second kappa shape index (κ2) is 4.23. The molecule has 1 aliphatic carbocycles. The number of rotatable bonds is 2. The van der Waals surface area contributed by atoms with Gasteiger partial charge in [-0.2, -0.15) is 0 Å². The summed E-state index contributed by atoms with van der Waals surface area (Å²) in [5.41, 5.74) is 5.75. The summed E-state index contributed by atoms with van der Waals surface area (Å²) in [5, 5.41) is 0. The van der Waals surface area contributed by atoms with Crippen LogP contribution in [0, 0.1) is 17.9 Å². The van der Waals surface area contributed by atoms with Crippen LogP contribution in [0.5, 0.6) is 0 Å². The number of benzene rings is 2. The molecule has 1 aliphatic rings. The Morgan fingerprint density at radius 1 is 0.842 bits per heavy atom. The SMILES string of the molecule is CC(C)C1(C(C)C)c2[c]cccc2-c2ccccc21. The van der Waals surface area contributed by atoms with Crippen molar-refractivity contribution >= 4 is 0 Å². The van der Waals surface area contributed by atoms with Gasteiger partial charge in [-0.1, -0.05) is 70.2 Å². The van der Waals surface area contributed by atoms with Gasteiger partial charge in [0.1, 0.15) is 0 Å². The summed E-state index contributed by atoms with van der Waals surface area (Å²) in [6, 6.07) is 18.8. The molecule has 0 heterocycles. The Labute approximate surface area is 116 Å². The molecular formula is C19H21. The highest BCUT2D eigenvalue weighted by molar-refractivity contribution is 5.81. The van der Waals surface area contributed by atoms with E-state index in [-0.39, 0.29) is 5.41 Å². The Morgan fingerprint density at radius 3 is 2.16 bits per heavy atom. The quantitative estimate of drug-likeness (QED) is 0.697. The minimum Gasteiger partial charge on any atom is -0.0619 e. The van der Waals surface area contributed by atoms with E-state index in [2.05, 4.69) is 76.2 Å². The normalized spacial score (nSPS) is 15.7. The van der Waals surface area contributed by atoms with Crippen LogP contribution >= 0.6 is 0 Å². The molecule has 3 rings (SSSR count). The lowest BCUT2D eigenvalue weighted by atomic mass is 9.63. The summed E-state index contributed by atoms with van der Waals surface area (Å²) in [4.78, 5) is 0. The van der Waals surface area contributed by atoms with E-state index in [4.69, 9.17) is 0 Å². The molecule has 0 amide bonds. The molecular weight excluding hydrogens is 228 g/mol. The van der Waals surface area contributed by atoms with Gasteiger partial charge in [-0.25, -0.2) is 0 Å². The number of hydrogen-bond acceptors (Lipinski definition) is 0. The fourth-order valence-electron chi connectivity index (χ4n) is 4.08. The van der Waals surface area contributed by atoms with E-state index in [0.29, 0.717) is 11.8 Å². The summed E-state index contributed by atoms with van der Waals surface area (Å²) < 4.78 is 0. The topological polar surface area (TPSA) is 0 Å². The van der Waals surface area contributed by atoms with Crippen molar-refractivity contribution in [2.75, 3.05) is 0 Å². The highest BCUT2D eigenvalue weighted by atomic mass is 14.5. The predicted molar refractivity (Wildman–Crippen MR) is 81.2 cm³/mol. The third kappa shape index (κ3) is 1.46. The minimum atomic E-state index is 0.104. The lowest BCUT2D eigenvalue weighted by Crippen LogP contribution is -2.37. The van der Waals surface area contributed by atoms with Crippen molar-refractivity contribution in [1.82, 2.24) is 0 Å². The summed E-state index contributed by atoms with van der Waals surface area (Å²) in [6.07, 6.45) is 0. The molecule has 0 fully saturated rings. The zero-order chi connectivity index (χ0) is 13.6. The van der Waals surface area contributed by atoms with E-state index in [0.717, 1.165) is 0 Å². The van der Waals surface area contributed by atoms with Crippen LogP contribution in [0.3, 0.4) is 0 Å². The number of fused-ring (bicyclic) bond motifs is 3. The summed E-state index contributed by atoms with van der Waals surface area (Å²) in [6.45, 7) is 9.36. The number of hydrogen-bond donors (Lipinski definition) is 0. The fourth-order valence-corrected chi connectivity index (χ4v) is 4.08. The summed E-state index contributed by atoms with van der Waals surface area (Å²) in [5.74, 6) is 1.13. The molecule has 2 aromatic carbocycles. The molecule has 0 aliphatic heterocycles. The first kappa shape index (κ1) is 12.5. The van der Waals surface area contributed by atoms with Crippen LogP contribution in [0.25, 0.3) is 11.1 Å². The molecule has 0 heteroatoms. The molecule has 0 unspecified atom stereocenters. The van der Waals surface area contributed by atoms with E-state index < -0.39 is 0 Å². The predicted octanol–water partition coefficient (Wildman–Crippen LogP) is 5.07. The van der Waals surface area contributed by atoms with Crippen LogP contribution in [0.2, 0.25) is 0 Å². The Bertz CT molecular complexity index is 549. The molecule has 19 heavy (non-hydrogen) atoms. The minimum absolute atomic E-state index is 0.104. The van der Waals surface area contributed by atoms with Gasteiger partial charge in [-0.3, -0.25) is 0 Å². The van der Waals surface area contributed by atoms with Gasteiger partial charge in [0.05, 0.1) is 0 Å². The molecule has 2 aromatic rings. The van der Waals surface area contributed by atoms with Crippen molar-refractivity contribution in [2.45, 2.75) is 33.1 Å². The average molecular weight is 249 g/mol. The molecule has 0 saturated heterocycles. The van der Waals surface area contributed by atoms with Crippen molar-refractivity contribution in [3.63, 3.8) is 0 Å². The van der Waals surface area contributed by atoms with Crippen LogP contribution < -0.4 is 0 Å². The lowest BCUT2D eigenvalue weighted by molar-refractivity contribution is 0.280. The molecule has 0 N–H and O–H groups in total. The maximum atomic E-state index is 3.55. The van der Waals surface area contributed by atoms with Crippen molar-refractivity contribution in [3.8, 4) is 11.1 Å². The Balaban J connectivity index is 2.42. The van der Waals surface area contributed by atoms with E-state index >= 15 is 0 Å². The van der Waals surface area contributed by atoms with E-state index in [9.17, 15) is 0 Å². The fraction of sp³-hybridized carbons (Fsp3) is 0.368. The Hall–Kier alpha value is -1.56. The molecule has 0 spiro atoms. The maximum Gasteiger partial charge on any atom is 0.0267 e. The molecule has 0 nitrogen and oxygen atoms in total.